The zero-order chi connectivity index (χ0) is 16.9. The second-order valence-corrected chi connectivity index (χ2v) is 6.20. The number of anilines is 1. The fourth-order valence-corrected chi connectivity index (χ4v) is 3.13. The summed E-state index contributed by atoms with van der Waals surface area (Å²) in [5, 5.41) is 2.88. The summed E-state index contributed by atoms with van der Waals surface area (Å²) in [6, 6.07) is 10.6. The average Bonchev–Trinajstić information content (AvgIpc) is 2.57. The number of rotatable bonds is 3. The SMILES string of the molecule is CC(=O)NCC1=CC2C(=CC(C)OCCN2c2ccccc2)C=C1. The van der Waals surface area contributed by atoms with Gasteiger partial charge in [0.15, 0.2) is 0 Å². The van der Waals surface area contributed by atoms with Crippen LogP contribution in [0.5, 0.6) is 0 Å². The van der Waals surface area contributed by atoms with Gasteiger partial charge in [0.25, 0.3) is 0 Å². The van der Waals surface area contributed by atoms with Crippen LogP contribution in [0.4, 0.5) is 5.69 Å². The molecule has 4 heteroatoms. The lowest BCUT2D eigenvalue weighted by atomic mass is 9.93. The highest BCUT2D eigenvalue weighted by Gasteiger charge is 2.25. The van der Waals surface area contributed by atoms with E-state index >= 15 is 0 Å². The molecule has 2 atom stereocenters. The Bertz CT molecular complexity index is 676. The number of hydrogen-bond donors (Lipinski definition) is 1. The molecule has 0 bridgehead atoms. The van der Waals surface area contributed by atoms with Gasteiger partial charge in [0.2, 0.25) is 5.91 Å². The van der Waals surface area contributed by atoms with Crippen LogP contribution in [-0.2, 0) is 9.53 Å². The Kier molecular flexibility index (Phi) is 5.16. The van der Waals surface area contributed by atoms with E-state index in [1.54, 1.807) is 6.92 Å². The van der Waals surface area contributed by atoms with Crippen molar-refractivity contribution in [3.8, 4) is 0 Å². The Hall–Kier alpha value is -2.33. The minimum Gasteiger partial charge on any atom is -0.373 e. The number of ether oxygens (including phenoxy) is 1. The monoisotopic (exact) mass is 324 g/mol. The molecule has 0 saturated carbocycles. The molecular formula is C20H24N2O2. The number of fused-ring (bicyclic) bond motifs is 1. The second kappa shape index (κ2) is 7.49. The van der Waals surface area contributed by atoms with Crippen molar-refractivity contribution < 1.29 is 9.53 Å². The summed E-state index contributed by atoms with van der Waals surface area (Å²) in [7, 11) is 0. The highest BCUT2D eigenvalue weighted by molar-refractivity contribution is 5.73. The normalized spacial score (nSPS) is 23.5. The number of nitrogens with zero attached hydrogens (tertiary/aromatic N) is 1. The second-order valence-electron chi connectivity index (χ2n) is 6.20. The summed E-state index contributed by atoms with van der Waals surface area (Å²) < 4.78 is 5.86. The molecule has 1 amide bonds. The zero-order valence-corrected chi connectivity index (χ0v) is 14.2. The fourth-order valence-electron chi connectivity index (χ4n) is 3.13. The van der Waals surface area contributed by atoms with Gasteiger partial charge in [0, 0.05) is 25.7 Å². The molecule has 0 radical (unpaired) electrons. The lowest BCUT2D eigenvalue weighted by Gasteiger charge is -2.37. The maximum absolute atomic E-state index is 11.2. The molecule has 1 N–H and O–H groups in total. The van der Waals surface area contributed by atoms with E-state index in [0.717, 1.165) is 12.1 Å². The van der Waals surface area contributed by atoms with E-state index in [2.05, 4.69) is 65.7 Å². The Morgan fingerprint density at radius 1 is 1.25 bits per heavy atom. The molecule has 24 heavy (non-hydrogen) atoms. The number of hydrogen-bond acceptors (Lipinski definition) is 3. The van der Waals surface area contributed by atoms with Gasteiger partial charge >= 0.3 is 0 Å². The van der Waals surface area contributed by atoms with Crippen molar-refractivity contribution >= 4 is 11.6 Å². The third-order valence-corrected chi connectivity index (χ3v) is 4.31. The highest BCUT2D eigenvalue weighted by atomic mass is 16.5. The first kappa shape index (κ1) is 16.5. The van der Waals surface area contributed by atoms with Crippen molar-refractivity contribution in [1.82, 2.24) is 5.32 Å². The molecule has 2 aliphatic rings. The van der Waals surface area contributed by atoms with E-state index in [1.807, 2.05) is 6.07 Å². The molecule has 1 aliphatic heterocycles. The zero-order valence-electron chi connectivity index (χ0n) is 14.2. The van der Waals surface area contributed by atoms with Gasteiger partial charge in [-0.2, -0.15) is 0 Å². The smallest absolute Gasteiger partial charge is 0.217 e. The van der Waals surface area contributed by atoms with Gasteiger partial charge in [0.1, 0.15) is 0 Å². The van der Waals surface area contributed by atoms with Crippen molar-refractivity contribution in [2.75, 3.05) is 24.6 Å². The minimum atomic E-state index is -0.00903. The number of amides is 1. The standard InChI is InChI=1S/C20H24N2O2/c1-15-12-18-9-8-17(14-21-16(2)23)13-20(18)22(10-11-24-15)19-6-4-3-5-7-19/h3-9,12-13,15,20H,10-11,14H2,1-2H3,(H,21,23). The lowest BCUT2D eigenvalue weighted by molar-refractivity contribution is -0.118. The Balaban J connectivity index is 1.93. The van der Waals surface area contributed by atoms with E-state index in [9.17, 15) is 4.79 Å². The van der Waals surface area contributed by atoms with Crippen LogP contribution in [0.25, 0.3) is 0 Å². The summed E-state index contributed by atoms with van der Waals surface area (Å²) in [6.45, 7) is 5.70. The largest absolute Gasteiger partial charge is 0.373 e. The quantitative estimate of drug-likeness (QED) is 0.929. The number of nitrogens with one attached hydrogen (secondary N) is 1. The summed E-state index contributed by atoms with van der Waals surface area (Å²) in [6.07, 6.45) is 8.75. The van der Waals surface area contributed by atoms with Crippen LogP contribution >= 0.6 is 0 Å². The van der Waals surface area contributed by atoms with E-state index in [-0.39, 0.29) is 18.1 Å². The van der Waals surface area contributed by atoms with Crippen LogP contribution in [0, 0.1) is 0 Å². The highest BCUT2D eigenvalue weighted by Crippen LogP contribution is 2.28. The molecular weight excluding hydrogens is 300 g/mol. The minimum absolute atomic E-state index is 0.00903. The predicted molar refractivity (Wildman–Crippen MR) is 97.0 cm³/mol. The Morgan fingerprint density at radius 3 is 2.79 bits per heavy atom. The van der Waals surface area contributed by atoms with Gasteiger partial charge in [0.05, 0.1) is 18.8 Å². The van der Waals surface area contributed by atoms with Crippen LogP contribution in [-0.4, -0.2) is 37.7 Å². The summed E-state index contributed by atoms with van der Waals surface area (Å²) in [5.74, 6) is -0.00903. The molecule has 126 valence electrons. The molecule has 2 unspecified atom stereocenters. The van der Waals surface area contributed by atoms with Crippen molar-refractivity contribution in [2.45, 2.75) is 26.0 Å². The van der Waals surface area contributed by atoms with Crippen LogP contribution in [0.1, 0.15) is 13.8 Å². The average molecular weight is 324 g/mol. The van der Waals surface area contributed by atoms with E-state index in [1.165, 1.54) is 11.3 Å². The first-order chi connectivity index (χ1) is 11.6. The van der Waals surface area contributed by atoms with Crippen molar-refractivity contribution in [3.05, 3.63) is 65.8 Å². The van der Waals surface area contributed by atoms with Crippen molar-refractivity contribution in [2.24, 2.45) is 0 Å². The molecule has 4 nitrogen and oxygen atoms in total. The summed E-state index contributed by atoms with van der Waals surface area (Å²) in [4.78, 5) is 13.6. The van der Waals surface area contributed by atoms with Crippen LogP contribution in [0.2, 0.25) is 0 Å². The Morgan fingerprint density at radius 2 is 2.04 bits per heavy atom. The first-order valence-corrected chi connectivity index (χ1v) is 8.42. The van der Waals surface area contributed by atoms with Crippen molar-refractivity contribution in [1.29, 1.82) is 0 Å². The Labute approximate surface area is 143 Å². The third-order valence-electron chi connectivity index (χ3n) is 4.31. The molecule has 0 saturated heterocycles. The van der Waals surface area contributed by atoms with Gasteiger partial charge in [-0.25, -0.2) is 0 Å². The van der Waals surface area contributed by atoms with Gasteiger partial charge in [-0.05, 0) is 30.2 Å². The molecule has 0 aromatic heterocycles. The predicted octanol–water partition coefficient (Wildman–Crippen LogP) is 2.84. The van der Waals surface area contributed by atoms with Gasteiger partial charge in [-0.3, -0.25) is 4.79 Å². The summed E-state index contributed by atoms with van der Waals surface area (Å²) in [5.41, 5.74) is 3.54. The maximum atomic E-state index is 11.2. The molecule has 0 fully saturated rings. The first-order valence-electron chi connectivity index (χ1n) is 8.42. The molecule has 0 spiro atoms. The molecule has 3 rings (SSSR count). The lowest BCUT2D eigenvalue weighted by Crippen LogP contribution is -2.41. The van der Waals surface area contributed by atoms with E-state index < -0.39 is 0 Å². The topological polar surface area (TPSA) is 41.6 Å². The third kappa shape index (κ3) is 3.95. The number of benzene rings is 1. The van der Waals surface area contributed by atoms with Crippen LogP contribution in [0.15, 0.2) is 65.8 Å². The maximum Gasteiger partial charge on any atom is 0.217 e. The van der Waals surface area contributed by atoms with Gasteiger partial charge in [-0.15, -0.1) is 0 Å². The number of carbonyl (C=O) groups excluding carboxylic acids is 1. The van der Waals surface area contributed by atoms with Crippen LogP contribution in [0.3, 0.4) is 0 Å². The van der Waals surface area contributed by atoms with E-state index in [0.29, 0.717) is 13.2 Å². The molecule has 1 aliphatic carbocycles. The van der Waals surface area contributed by atoms with Gasteiger partial charge < -0.3 is 15.0 Å². The van der Waals surface area contributed by atoms with Crippen LogP contribution < -0.4 is 10.2 Å². The molecule has 1 heterocycles. The van der Waals surface area contributed by atoms with E-state index in [4.69, 9.17) is 4.74 Å². The van der Waals surface area contributed by atoms with Gasteiger partial charge in [-0.1, -0.05) is 42.5 Å². The van der Waals surface area contributed by atoms with Crippen molar-refractivity contribution in [3.63, 3.8) is 0 Å². The summed E-state index contributed by atoms with van der Waals surface area (Å²) >= 11 is 0. The number of carbonyl (C=O) groups is 1. The molecule has 1 aromatic carbocycles. The molecule has 1 aromatic rings. The fraction of sp³-hybridized carbons (Fsp3) is 0.350. The number of para-hydroxylation sites is 1.